The van der Waals surface area contributed by atoms with Crippen LogP contribution in [0.3, 0.4) is 0 Å². The minimum absolute atomic E-state index is 0.612. The van der Waals surface area contributed by atoms with E-state index < -0.39 is 12.0 Å². The van der Waals surface area contributed by atoms with Gasteiger partial charge in [-0.25, -0.2) is 4.79 Å². The van der Waals surface area contributed by atoms with Gasteiger partial charge in [-0.05, 0) is 25.1 Å². The molecule has 0 bridgehead atoms. The molecule has 4 nitrogen and oxygen atoms in total. The van der Waals surface area contributed by atoms with Crippen molar-refractivity contribution in [3.8, 4) is 0 Å². The molecule has 1 aromatic heterocycles. The van der Waals surface area contributed by atoms with Crippen molar-refractivity contribution < 1.29 is 9.90 Å². The molecule has 0 aliphatic carbocycles. The molecule has 0 saturated carbocycles. The van der Waals surface area contributed by atoms with Gasteiger partial charge in [-0.1, -0.05) is 36.4 Å². The van der Waals surface area contributed by atoms with E-state index in [0.29, 0.717) is 6.54 Å². The molecular formula is C18H18N2O2. The number of carbonyl (C=O) groups is 1. The van der Waals surface area contributed by atoms with Gasteiger partial charge in [0.25, 0.3) is 0 Å². The average Bonchev–Trinajstić information content (AvgIpc) is 2.96. The molecule has 1 unspecified atom stereocenters. The van der Waals surface area contributed by atoms with Gasteiger partial charge < -0.3 is 15.0 Å². The fourth-order valence-corrected chi connectivity index (χ4v) is 2.89. The van der Waals surface area contributed by atoms with Crippen molar-refractivity contribution in [3.63, 3.8) is 0 Å². The maximum absolute atomic E-state index is 12.0. The summed E-state index contributed by atoms with van der Waals surface area (Å²) >= 11 is 0. The van der Waals surface area contributed by atoms with E-state index >= 15 is 0 Å². The second-order valence-electron chi connectivity index (χ2n) is 5.15. The number of aromatic nitrogens is 1. The molecule has 3 rings (SSSR count). The number of likely N-dealkylation sites (N-methyl/N-ethyl adjacent to an activating group) is 1. The molecule has 1 atom stereocenters. The fourth-order valence-electron chi connectivity index (χ4n) is 2.89. The van der Waals surface area contributed by atoms with Crippen molar-refractivity contribution in [1.82, 2.24) is 4.98 Å². The molecular weight excluding hydrogens is 276 g/mol. The van der Waals surface area contributed by atoms with Crippen molar-refractivity contribution in [3.05, 3.63) is 66.4 Å². The molecule has 2 aromatic carbocycles. The first-order valence-electron chi connectivity index (χ1n) is 7.33. The minimum Gasteiger partial charge on any atom is -0.479 e. The van der Waals surface area contributed by atoms with Crippen LogP contribution in [0.2, 0.25) is 0 Å². The van der Waals surface area contributed by atoms with Crippen LogP contribution in [0.5, 0.6) is 0 Å². The molecule has 3 aromatic rings. The lowest BCUT2D eigenvalue weighted by Crippen LogP contribution is -2.33. The lowest BCUT2D eigenvalue weighted by atomic mass is 10.0. The summed E-state index contributed by atoms with van der Waals surface area (Å²) in [5.74, 6) is -0.851. The monoisotopic (exact) mass is 294 g/mol. The Kier molecular flexibility index (Phi) is 3.83. The van der Waals surface area contributed by atoms with Crippen molar-refractivity contribution in [2.75, 3.05) is 11.4 Å². The molecule has 0 amide bonds. The van der Waals surface area contributed by atoms with E-state index in [1.807, 2.05) is 66.4 Å². The normalized spacial score (nSPS) is 12.2. The van der Waals surface area contributed by atoms with Crippen LogP contribution in [0.4, 0.5) is 5.69 Å². The standard InChI is InChI=1S/C18H18N2O2/c1-2-20(13-8-4-3-5-9-13)17(18(21)22)15-12-19-16-11-7-6-10-14(15)16/h3-12,17,19H,2H2,1H3,(H,21,22). The second kappa shape index (κ2) is 5.93. The summed E-state index contributed by atoms with van der Waals surface area (Å²) in [5.41, 5.74) is 2.64. The molecule has 0 spiro atoms. The zero-order valence-corrected chi connectivity index (χ0v) is 12.4. The second-order valence-corrected chi connectivity index (χ2v) is 5.15. The third kappa shape index (κ3) is 2.44. The van der Waals surface area contributed by atoms with E-state index in [4.69, 9.17) is 0 Å². The maximum atomic E-state index is 12.0. The highest BCUT2D eigenvalue weighted by Crippen LogP contribution is 2.31. The molecule has 112 valence electrons. The number of carboxylic acid groups (broad SMARTS) is 1. The highest BCUT2D eigenvalue weighted by atomic mass is 16.4. The van der Waals surface area contributed by atoms with Crippen LogP contribution in [0, 0.1) is 0 Å². The van der Waals surface area contributed by atoms with Crippen molar-refractivity contribution in [2.45, 2.75) is 13.0 Å². The number of nitrogens with one attached hydrogen (secondary N) is 1. The number of rotatable bonds is 5. The summed E-state index contributed by atoms with van der Waals surface area (Å²) < 4.78 is 0. The molecule has 0 saturated heterocycles. The number of carboxylic acids is 1. The highest BCUT2D eigenvalue weighted by molar-refractivity contribution is 5.91. The molecule has 0 aliphatic rings. The molecule has 0 fully saturated rings. The van der Waals surface area contributed by atoms with Crippen LogP contribution in [0.25, 0.3) is 10.9 Å². The van der Waals surface area contributed by atoms with Gasteiger partial charge in [0.2, 0.25) is 0 Å². The van der Waals surface area contributed by atoms with Crippen LogP contribution in [-0.4, -0.2) is 22.6 Å². The van der Waals surface area contributed by atoms with Gasteiger partial charge in [0.1, 0.15) is 0 Å². The quantitative estimate of drug-likeness (QED) is 0.752. The Morgan fingerprint density at radius 2 is 1.82 bits per heavy atom. The summed E-state index contributed by atoms with van der Waals surface area (Å²) in [5, 5.41) is 10.8. The van der Waals surface area contributed by atoms with Gasteiger partial charge in [-0.3, -0.25) is 0 Å². The SMILES string of the molecule is CCN(c1ccccc1)C(C(=O)O)c1c[nH]c2ccccc12. The number of H-pyrrole nitrogens is 1. The number of fused-ring (bicyclic) bond motifs is 1. The summed E-state index contributed by atoms with van der Waals surface area (Å²) in [6.07, 6.45) is 1.80. The number of aromatic amines is 1. The number of anilines is 1. The molecule has 0 radical (unpaired) electrons. The van der Waals surface area contributed by atoms with Crippen molar-refractivity contribution in [2.24, 2.45) is 0 Å². The summed E-state index contributed by atoms with van der Waals surface area (Å²) in [7, 11) is 0. The van der Waals surface area contributed by atoms with Crippen LogP contribution in [0.15, 0.2) is 60.8 Å². The van der Waals surface area contributed by atoms with Gasteiger partial charge in [0, 0.05) is 34.9 Å². The van der Waals surface area contributed by atoms with Gasteiger partial charge >= 0.3 is 5.97 Å². The van der Waals surface area contributed by atoms with E-state index in [1.165, 1.54) is 0 Å². The van der Waals surface area contributed by atoms with Crippen LogP contribution in [0.1, 0.15) is 18.5 Å². The first kappa shape index (κ1) is 14.2. The summed E-state index contributed by atoms with van der Waals surface area (Å²) in [4.78, 5) is 17.0. The Bertz CT molecular complexity index is 780. The molecule has 22 heavy (non-hydrogen) atoms. The topological polar surface area (TPSA) is 56.3 Å². The maximum Gasteiger partial charge on any atom is 0.331 e. The van der Waals surface area contributed by atoms with E-state index in [1.54, 1.807) is 6.20 Å². The zero-order valence-electron chi connectivity index (χ0n) is 12.4. The third-order valence-corrected chi connectivity index (χ3v) is 3.89. The molecule has 2 N–H and O–H groups in total. The van der Waals surface area contributed by atoms with Gasteiger partial charge in [0.05, 0.1) is 0 Å². The van der Waals surface area contributed by atoms with Gasteiger partial charge in [-0.2, -0.15) is 0 Å². The number of benzene rings is 2. The average molecular weight is 294 g/mol. The fraction of sp³-hybridized carbons (Fsp3) is 0.167. The number of hydrogen-bond donors (Lipinski definition) is 2. The van der Waals surface area contributed by atoms with Crippen LogP contribution < -0.4 is 4.90 Å². The number of hydrogen-bond acceptors (Lipinski definition) is 2. The predicted octanol–water partition coefficient (Wildman–Crippen LogP) is 3.82. The van der Waals surface area contributed by atoms with Gasteiger partial charge in [0.15, 0.2) is 6.04 Å². The smallest absolute Gasteiger partial charge is 0.331 e. The third-order valence-electron chi connectivity index (χ3n) is 3.89. The first-order chi connectivity index (χ1) is 10.7. The van der Waals surface area contributed by atoms with E-state index in [-0.39, 0.29) is 0 Å². The Morgan fingerprint density at radius 3 is 2.50 bits per heavy atom. The van der Waals surface area contributed by atoms with Crippen molar-refractivity contribution in [1.29, 1.82) is 0 Å². The summed E-state index contributed by atoms with van der Waals surface area (Å²) in [6.45, 7) is 2.58. The van der Waals surface area contributed by atoms with E-state index in [2.05, 4.69) is 4.98 Å². The predicted molar refractivity (Wildman–Crippen MR) is 88.1 cm³/mol. The Morgan fingerprint density at radius 1 is 1.14 bits per heavy atom. The zero-order chi connectivity index (χ0) is 15.5. The summed E-state index contributed by atoms with van der Waals surface area (Å²) in [6, 6.07) is 16.7. The Hall–Kier alpha value is -2.75. The first-order valence-corrected chi connectivity index (χ1v) is 7.33. The van der Waals surface area contributed by atoms with Crippen molar-refractivity contribution >= 4 is 22.6 Å². The Labute approximate surface area is 129 Å². The van der Waals surface area contributed by atoms with E-state index in [9.17, 15) is 9.90 Å². The molecule has 0 aliphatic heterocycles. The van der Waals surface area contributed by atoms with Gasteiger partial charge in [-0.15, -0.1) is 0 Å². The molecule has 1 heterocycles. The number of aliphatic carboxylic acids is 1. The minimum atomic E-state index is -0.851. The molecule has 4 heteroatoms. The largest absolute Gasteiger partial charge is 0.479 e. The lowest BCUT2D eigenvalue weighted by molar-refractivity contribution is -0.138. The Balaban J connectivity index is 2.11. The number of nitrogens with zero attached hydrogens (tertiary/aromatic N) is 1. The lowest BCUT2D eigenvalue weighted by Gasteiger charge is -2.29. The van der Waals surface area contributed by atoms with Crippen LogP contribution in [-0.2, 0) is 4.79 Å². The number of para-hydroxylation sites is 2. The van der Waals surface area contributed by atoms with Crippen LogP contribution >= 0.6 is 0 Å². The van der Waals surface area contributed by atoms with E-state index in [0.717, 1.165) is 22.2 Å². The highest BCUT2D eigenvalue weighted by Gasteiger charge is 2.29.